The van der Waals surface area contributed by atoms with Crippen LogP contribution in [0.25, 0.3) is 0 Å². The van der Waals surface area contributed by atoms with E-state index in [0.717, 1.165) is 45.4 Å². The fourth-order valence-electron chi connectivity index (χ4n) is 4.63. The minimum atomic E-state index is 0.0769. The molecule has 0 N–H and O–H groups in total. The molecule has 1 aromatic heterocycles. The van der Waals surface area contributed by atoms with Gasteiger partial charge in [-0.2, -0.15) is 5.10 Å². The third-order valence-corrected chi connectivity index (χ3v) is 6.27. The summed E-state index contributed by atoms with van der Waals surface area (Å²) in [5.41, 5.74) is 0.359. The second-order valence-electron chi connectivity index (χ2n) is 8.38. The molecule has 2 aliphatic rings. The maximum Gasteiger partial charge on any atom is 0.239 e. The molecule has 6 heteroatoms. The van der Waals surface area contributed by atoms with Crippen LogP contribution in [0.3, 0.4) is 0 Å². The Morgan fingerprint density at radius 1 is 1.31 bits per heavy atom. The van der Waals surface area contributed by atoms with Gasteiger partial charge in [0.15, 0.2) is 0 Å². The molecule has 2 saturated heterocycles. The number of nitrogens with zero attached hydrogens (tertiary/aromatic N) is 5. The zero-order valence-corrected chi connectivity index (χ0v) is 16.7. The first kappa shape index (κ1) is 19.4. The lowest BCUT2D eigenvalue weighted by Crippen LogP contribution is -2.44. The van der Waals surface area contributed by atoms with Crippen LogP contribution in [0.1, 0.15) is 39.0 Å². The number of likely N-dealkylation sites (N-methyl/N-ethyl adjacent to an activating group) is 1. The number of aryl methyl sites for hydroxylation is 1. The van der Waals surface area contributed by atoms with E-state index in [0.29, 0.717) is 11.3 Å². The van der Waals surface area contributed by atoms with Crippen molar-refractivity contribution in [3.63, 3.8) is 0 Å². The van der Waals surface area contributed by atoms with Gasteiger partial charge in [-0.05, 0) is 70.3 Å². The normalized spacial score (nSPS) is 23.6. The molecule has 0 bridgehead atoms. The molecule has 2 aliphatic heterocycles. The molecule has 3 heterocycles. The molecular formula is C20H35N5O. The molecule has 26 heavy (non-hydrogen) atoms. The molecule has 0 saturated carbocycles. The summed E-state index contributed by atoms with van der Waals surface area (Å²) in [6.45, 7) is 8.35. The third-order valence-electron chi connectivity index (χ3n) is 6.27. The third kappa shape index (κ3) is 4.46. The monoisotopic (exact) mass is 361 g/mol. The molecule has 6 nitrogen and oxygen atoms in total. The van der Waals surface area contributed by atoms with Crippen molar-refractivity contribution in [2.45, 2.75) is 51.6 Å². The van der Waals surface area contributed by atoms with E-state index in [9.17, 15) is 4.79 Å². The number of piperidine rings is 1. The summed E-state index contributed by atoms with van der Waals surface area (Å²) in [7, 11) is 4.18. The summed E-state index contributed by atoms with van der Waals surface area (Å²) in [5.74, 6) is 0.315. The predicted molar refractivity (Wildman–Crippen MR) is 104 cm³/mol. The van der Waals surface area contributed by atoms with Crippen molar-refractivity contribution in [2.75, 3.05) is 46.8 Å². The van der Waals surface area contributed by atoms with Gasteiger partial charge in [-0.1, -0.05) is 6.92 Å². The van der Waals surface area contributed by atoms with Gasteiger partial charge in [-0.25, -0.2) is 0 Å². The van der Waals surface area contributed by atoms with Gasteiger partial charge in [0.1, 0.15) is 0 Å². The molecule has 146 valence electrons. The van der Waals surface area contributed by atoms with Gasteiger partial charge < -0.3 is 9.80 Å². The van der Waals surface area contributed by atoms with E-state index in [1.54, 1.807) is 6.20 Å². The molecule has 1 amide bonds. The molecule has 1 unspecified atom stereocenters. The zero-order valence-electron chi connectivity index (χ0n) is 16.7. The predicted octanol–water partition coefficient (Wildman–Crippen LogP) is 1.93. The number of amides is 1. The number of hydrogen-bond donors (Lipinski definition) is 0. The number of carbonyl (C=O) groups excluding carboxylic acids is 1. The largest absolute Gasteiger partial charge is 0.344 e. The van der Waals surface area contributed by atoms with Gasteiger partial charge in [-0.3, -0.25) is 14.4 Å². The zero-order chi connectivity index (χ0) is 18.6. The summed E-state index contributed by atoms with van der Waals surface area (Å²) in [6, 6.07) is 2.02. The van der Waals surface area contributed by atoms with E-state index in [-0.39, 0.29) is 6.04 Å². The van der Waals surface area contributed by atoms with Crippen LogP contribution in [-0.4, -0.2) is 83.2 Å². The molecule has 1 aromatic rings. The number of hydrogen-bond acceptors (Lipinski definition) is 4. The Balaban J connectivity index is 1.56. The van der Waals surface area contributed by atoms with Crippen molar-refractivity contribution >= 4 is 5.91 Å². The van der Waals surface area contributed by atoms with Crippen molar-refractivity contribution in [1.29, 1.82) is 0 Å². The molecule has 1 atom stereocenters. The highest BCUT2D eigenvalue weighted by molar-refractivity contribution is 5.82. The van der Waals surface area contributed by atoms with Crippen molar-refractivity contribution in [1.82, 2.24) is 24.5 Å². The lowest BCUT2D eigenvalue weighted by Gasteiger charge is -2.37. The average Bonchev–Trinajstić information content (AvgIpc) is 3.26. The molecule has 0 aromatic carbocycles. The first-order valence-electron chi connectivity index (χ1n) is 10.2. The topological polar surface area (TPSA) is 44.6 Å². The maximum atomic E-state index is 13.2. The summed E-state index contributed by atoms with van der Waals surface area (Å²) >= 11 is 0. The van der Waals surface area contributed by atoms with E-state index in [1.165, 1.54) is 25.9 Å². The molecule has 3 rings (SSSR count). The minimum Gasteiger partial charge on any atom is -0.344 e. The number of likely N-dealkylation sites (tertiary alicyclic amines) is 2. The van der Waals surface area contributed by atoms with Gasteiger partial charge in [0.25, 0.3) is 0 Å². The van der Waals surface area contributed by atoms with Crippen LogP contribution >= 0.6 is 0 Å². The number of carbonyl (C=O) groups is 1. The first-order valence-corrected chi connectivity index (χ1v) is 10.2. The molecular weight excluding hydrogens is 326 g/mol. The lowest BCUT2D eigenvalue weighted by molar-refractivity contribution is -0.134. The highest BCUT2D eigenvalue weighted by Gasteiger charge is 2.47. The summed E-state index contributed by atoms with van der Waals surface area (Å²) in [4.78, 5) is 20.0. The summed E-state index contributed by atoms with van der Waals surface area (Å²) in [5, 5.41) is 4.24. The first-order chi connectivity index (χ1) is 12.5. The van der Waals surface area contributed by atoms with Gasteiger partial charge >= 0.3 is 0 Å². The second kappa shape index (κ2) is 8.53. The van der Waals surface area contributed by atoms with Gasteiger partial charge in [-0.15, -0.1) is 0 Å². The fourth-order valence-corrected chi connectivity index (χ4v) is 4.63. The second-order valence-corrected chi connectivity index (χ2v) is 8.38. The molecule has 0 radical (unpaired) electrons. The smallest absolute Gasteiger partial charge is 0.239 e. The molecule has 2 fully saturated rings. The lowest BCUT2D eigenvalue weighted by atomic mass is 9.76. The van der Waals surface area contributed by atoms with Crippen LogP contribution in [0.15, 0.2) is 18.5 Å². The number of aromatic nitrogens is 2. The Labute approximate surface area is 158 Å². The number of rotatable bonds is 7. The van der Waals surface area contributed by atoms with E-state index in [2.05, 4.69) is 28.9 Å². The van der Waals surface area contributed by atoms with E-state index < -0.39 is 0 Å². The van der Waals surface area contributed by atoms with Crippen LogP contribution in [0.4, 0.5) is 0 Å². The van der Waals surface area contributed by atoms with Gasteiger partial charge in [0, 0.05) is 39.1 Å². The SMILES string of the molecule is CCCN1CC2(CCN(C)CC2)CC1C(=O)N(C)CCCn1cccn1. The van der Waals surface area contributed by atoms with Crippen LogP contribution in [0, 0.1) is 5.41 Å². The van der Waals surface area contributed by atoms with Crippen molar-refractivity contribution in [2.24, 2.45) is 5.41 Å². The van der Waals surface area contributed by atoms with Crippen molar-refractivity contribution in [3.8, 4) is 0 Å². The Bertz CT molecular complexity index is 565. The Morgan fingerprint density at radius 3 is 2.73 bits per heavy atom. The van der Waals surface area contributed by atoms with Gasteiger partial charge in [0.2, 0.25) is 5.91 Å². The Hall–Kier alpha value is -1.40. The molecule has 0 aliphatic carbocycles. The van der Waals surface area contributed by atoms with Crippen molar-refractivity contribution in [3.05, 3.63) is 18.5 Å². The summed E-state index contributed by atoms with van der Waals surface area (Å²) in [6.07, 6.45) is 9.35. The Kier molecular flexibility index (Phi) is 6.35. The standard InChI is InChI=1S/C20H35N5O/c1-4-10-24-17-20(7-14-22(2)15-8-20)16-18(24)19(26)23(3)11-6-13-25-12-5-9-21-25/h5,9,12,18H,4,6-8,10-11,13-17H2,1-3H3. The highest BCUT2D eigenvalue weighted by atomic mass is 16.2. The highest BCUT2D eigenvalue weighted by Crippen LogP contribution is 2.43. The fraction of sp³-hybridized carbons (Fsp3) is 0.800. The van der Waals surface area contributed by atoms with Crippen LogP contribution in [0.5, 0.6) is 0 Å². The average molecular weight is 362 g/mol. The van der Waals surface area contributed by atoms with E-state index >= 15 is 0 Å². The van der Waals surface area contributed by atoms with Crippen LogP contribution in [0.2, 0.25) is 0 Å². The quantitative estimate of drug-likeness (QED) is 0.744. The minimum absolute atomic E-state index is 0.0769. The van der Waals surface area contributed by atoms with Crippen LogP contribution in [-0.2, 0) is 11.3 Å². The van der Waals surface area contributed by atoms with E-state index in [1.807, 2.05) is 28.9 Å². The Morgan fingerprint density at radius 2 is 2.08 bits per heavy atom. The maximum absolute atomic E-state index is 13.2. The van der Waals surface area contributed by atoms with E-state index in [4.69, 9.17) is 0 Å². The van der Waals surface area contributed by atoms with Gasteiger partial charge in [0.05, 0.1) is 6.04 Å². The summed E-state index contributed by atoms with van der Waals surface area (Å²) < 4.78 is 1.94. The van der Waals surface area contributed by atoms with Crippen molar-refractivity contribution < 1.29 is 4.79 Å². The van der Waals surface area contributed by atoms with Crippen LogP contribution < -0.4 is 0 Å². The molecule has 1 spiro atoms.